The third-order valence-electron chi connectivity index (χ3n) is 3.97. The largest absolute Gasteiger partial charge is 0.480 e. The average Bonchev–Trinajstić information content (AvgIpc) is 2.18. The van der Waals surface area contributed by atoms with Crippen LogP contribution in [0.25, 0.3) is 0 Å². The number of hydrogen-bond donors (Lipinski definition) is 2. The minimum Gasteiger partial charge on any atom is -0.480 e. The maximum Gasteiger partial charge on any atom is 0.324 e. The molecule has 0 rings (SSSR count). The van der Waals surface area contributed by atoms with Crippen molar-refractivity contribution in [3.63, 3.8) is 0 Å². The van der Waals surface area contributed by atoms with E-state index in [1.54, 1.807) is 20.8 Å². The molecule has 0 aliphatic rings. The SMILES string of the molecule is CC[Si](CC)(CC)C(C)(C(=O)O)S(=O)(=O)O. The summed E-state index contributed by atoms with van der Waals surface area (Å²) in [5.74, 6) is -1.44. The summed E-state index contributed by atoms with van der Waals surface area (Å²) in [6.07, 6.45) is 0. The molecule has 0 aromatic rings. The van der Waals surface area contributed by atoms with Gasteiger partial charge in [-0.2, -0.15) is 8.42 Å². The van der Waals surface area contributed by atoms with Gasteiger partial charge in [-0.3, -0.25) is 9.35 Å². The molecule has 0 aromatic heterocycles. The number of carboxylic acid groups (broad SMARTS) is 1. The zero-order valence-corrected chi connectivity index (χ0v) is 12.0. The summed E-state index contributed by atoms with van der Waals surface area (Å²) in [7, 11) is -7.20. The number of carbonyl (C=O) groups is 1. The third-order valence-corrected chi connectivity index (χ3v) is 13.5. The fourth-order valence-corrected chi connectivity index (χ4v) is 10.1. The normalized spacial score (nSPS) is 16.8. The Bertz CT molecular complexity index is 352. The molecule has 0 aliphatic carbocycles. The molecule has 0 aromatic carbocycles. The van der Waals surface area contributed by atoms with E-state index in [4.69, 9.17) is 0 Å². The molecule has 0 fully saturated rings. The van der Waals surface area contributed by atoms with Crippen LogP contribution >= 0.6 is 0 Å². The Morgan fingerprint density at radius 1 is 1.19 bits per heavy atom. The predicted octanol–water partition coefficient (Wildman–Crippen LogP) is 1.77. The van der Waals surface area contributed by atoms with Gasteiger partial charge in [-0.1, -0.05) is 38.9 Å². The molecule has 0 aliphatic heterocycles. The van der Waals surface area contributed by atoms with Crippen molar-refractivity contribution in [2.75, 3.05) is 0 Å². The molecular weight excluding hydrogens is 248 g/mol. The van der Waals surface area contributed by atoms with E-state index in [2.05, 4.69) is 0 Å². The first kappa shape index (κ1) is 15.6. The predicted molar refractivity (Wildman–Crippen MR) is 64.8 cm³/mol. The second-order valence-electron chi connectivity index (χ2n) is 4.15. The van der Waals surface area contributed by atoms with E-state index in [-0.39, 0.29) is 0 Å². The van der Waals surface area contributed by atoms with Gasteiger partial charge in [0.25, 0.3) is 10.1 Å². The van der Waals surface area contributed by atoms with Crippen LogP contribution in [-0.4, -0.2) is 36.5 Å². The highest BCUT2D eigenvalue weighted by Gasteiger charge is 2.60. The molecule has 1 unspecified atom stereocenters. The van der Waals surface area contributed by atoms with Crippen LogP contribution in [0.5, 0.6) is 0 Å². The van der Waals surface area contributed by atoms with Gasteiger partial charge in [0, 0.05) is 0 Å². The van der Waals surface area contributed by atoms with E-state index in [0.717, 1.165) is 6.92 Å². The molecule has 96 valence electrons. The number of hydrogen-bond acceptors (Lipinski definition) is 3. The molecular formula is C9H20O5SSi. The van der Waals surface area contributed by atoms with E-state index < -0.39 is 28.5 Å². The van der Waals surface area contributed by atoms with Crippen LogP contribution in [0.15, 0.2) is 0 Å². The van der Waals surface area contributed by atoms with Crippen LogP contribution in [0.2, 0.25) is 18.1 Å². The highest BCUT2D eigenvalue weighted by atomic mass is 32.2. The Kier molecular flexibility index (Phi) is 4.72. The molecule has 0 radical (unpaired) electrons. The third kappa shape index (κ3) is 2.03. The van der Waals surface area contributed by atoms with Crippen molar-refractivity contribution in [1.29, 1.82) is 0 Å². The van der Waals surface area contributed by atoms with Crippen molar-refractivity contribution in [3.8, 4) is 0 Å². The van der Waals surface area contributed by atoms with Crippen molar-refractivity contribution >= 4 is 24.2 Å². The molecule has 16 heavy (non-hydrogen) atoms. The monoisotopic (exact) mass is 268 g/mol. The zero-order chi connectivity index (χ0) is 13.2. The smallest absolute Gasteiger partial charge is 0.324 e. The Labute approximate surface area is 97.6 Å². The van der Waals surface area contributed by atoms with E-state index >= 15 is 0 Å². The Balaban J connectivity index is 5.98. The molecule has 0 bridgehead atoms. The quantitative estimate of drug-likeness (QED) is 0.566. The van der Waals surface area contributed by atoms with Gasteiger partial charge in [-0.05, 0) is 6.92 Å². The minimum absolute atomic E-state index is 0.516. The van der Waals surface area contributed by atoms with Gasteiger partial charge in [-0.25, -0.2) is 0 Å². The molecule has 0 heterocycles. The van der Waals surface area contributed by atoms with Gasteiger partial charge in [0.1, 0.15) is 0 Å². The van der Waals surface area contributed by atoms with Crippen LogP contribution in [0.4, 0.5) is 0 Å². The van der Waals surface area contributed by atoms with E-state index in [1.165, 1.54) is 0 Å². The van der Waals surface area contributed by atoms with E-state index in [9.17, 15) is 22.9 Å². The molecule has 0 amide bonds. The zero-order valence-electron chi connectivity index (χ0n) is 10.1. The maximum atomic E-state index is 11.4. The Morgan fingerprint density at radius 2 is 1.50 bits per heavy atom. The van der Waals surface area contributed by atoms with Gasteiger partial charge in [0.15, 0.2) is 4.37 Å². The minimum atomic E-state index is -4.60. The summed E-state index contributed by atoms with van der Waals surface area (Å²) in [5, 5.41) is 9.19. The Morgan fingerprint density at radius 3 is 1.56 bits per heavy atom. The summed E-state index contributed by atoms with van der Waals surface area (Å²) in [6, 6.07) is 1.55. The van der Waals surface area contributed by atoms with Crippen LogP contribution in [0.3, 0.4) is 0 Å². The summed E-state index contributed by atoms with van der Waals surface area (Å²) in [5.41, 5.74) is 0. The number of aliphatic carboxylic acids is 1. The first-order valence-electron chi connectivity index (χ1n) is 5.33. The second-order valence-corrected chi connectivity index (χ2v) is 12.0. The fourth-order valence-electron chi connectivity index (χ4n) is 2.37. The van der Waals surface area contributed by atoms with Crippen LogP contribution in [-0.2, 0) is 14.9 Å². The molecule has 7 heteroatoms. The van der Waals surface area contributed by atoms with Gasteiger partial charge in [0.05, 0.1) is 8.07 Å². The Hall–Kier alpha value is -0.403. The summed E-state index contributed by atoms with van der Waals surface area (Å²) >= 11 is 0. The second kappa shape index (κ2) is 4.85. The van der Waals surface area contributed by atoms with Crippen LogP contribution in [0, 0.1) is 0 Å². The fraction of sp³-hybridized carbons (Fsp3) is 0.889. The lowest BCUT2D eigenvalue weighted by atomic mass is 10.5. The molecule has 0 spiro atoms. The molecule has 2 N–H and O–H groups in total. The van der Waals surface area contributed by atoms with Gasteiger partial charge in [-0.15, -0.1) is 0 Å². The van der Waals surface area contributed by atoms with Crippen molar-refractivity contribution in [2.45, 2.75) is 50.2 Å². The molecule has 0 saturated heterocycles. The molecule has 1 atom stereocenters. The van der Waals surface area contributed by atoms with Gasteiger partial charge < -0.3 is 5.11 Å². The van der Waals surface area contributed by atoms with E-state index in [1.807, 2.05) is 0 Å². The van der Waals surface area contributed by atoms with Gasteiger partial charge >= 0.3 is 5.97 Å². The standard InChI is InChI=1S/C9H20O5SSi/c1-5-16(6-2,7-3)9(4,8(10)11)15(12,13)14/h5-7H2,1-4H3,(H,10,11)(H,12,13,14). The summed E-state index contributed by atoms with van der Waals surface area (Å²) in [4.78, 5) is 11.3. The van der Waals surface area contributed by atoms with Crippen molar-refractivity contribution < 1.29 is 22.9 Å². The first-order chi connectivity index (χ1) is 7.13. The summed E-state index contributed by atoms with van der Waals surface area (Å²) in [6.45, 7) is 6.54. The number of rotatable bonds is 6. The first-order valence-corrected chi connectivity index (χ1v) is 9.39. The lowest BCUT2D eigenvalue weighted by Crippen LogP contribution is -2.64. The summed E-state index contributed by atoms with van der Waals surface area (Å²) < 4.78 is 30.1. The average molecular weight is 268 g/mol. The van der Waals surface area contributed by atoms with E-state index in [0.29, 0.717) is 18.1 Å². The highest BCUT2D eigenvalue weighted by molar-refractivity contribution is 7.90. The van der Waals surface area contributed by atoms with Crippen LogP contribution in [0.1, 0.15) is 27.7 Å². The lowest BCUT2D eigenvalue weighted by Gasteiger charge is -2.40. The van der Waals surface area contributed by atoms with Crippen molar-refractivity contribution in [2.24, 2.45) is 0 Å². The van der Waals surface area contributed by atoms with Crippen molar-refractivity contribution in [3.05, 3.63) is 0 Å². The molecule has 0 saturated carbocycles. The van der Waals surface area contributed by atoms with Crippen molar-refractivity contribution in [1.82, 2.24) is 0 Å². The number of carboxylic acids is 1. The maximum absolute atomic E-state index is 11.4. The van der Waals surface area contributed by atoms with Crippen LogP contribution < -0.4 is 0 Å². The highest BCUT2D eigenvalue weighted by Crippen LogP contribution is 2.37. The lowest BCUT2D eigenvalue weighted by molar-refractivity contribution is -0.137. The van der Waals surface area contributed by atoms with Gasteiger partial charge in [0.2, 0.25) is 0 Å². The molecule has 5 nitrogen and oxygen atoms in total. The topological polar surface area (TPSA) is 91.7 Å².